The number of benzene rings is 1. The number of allylic oxidation sites excluding steroid dienone is 1. The van der Waals surface area contributed by atoms with Crippen LogP contribution in [0.5, 0.6) is 0 Å². The van der Waals surface area contributed by atoms with Gasteiger partial charge in [0, 0.05) is 15.7 Å². The van der Waals surface area contributed by atoms with E-state index in [1.54, 1.807) is 12.1 Å². The summed E-state index contributed by atoms with van der Waals surface area (Å²) < 4.78 is 4.83. The molecule has 22 heavy (non-hydrogen) atoms. The molecule has 0 aliphatic heterocycles. The molecule has 108 valence electrons. The molecule has 1 N–H and O–H groups in total. The van der Waals surface area contributed by atoms with Crippen molar-refractivity contribution in [2.24, 2.45) is 0 Å². The fraction of sp³-hybridized carbons (Fsp3) is 0.111. The molecule has 1 aliphatic rings. The number of esters is 1. The van der Waals surface area contributed by atoms with Crippen molar-refractivity contribution in [3.63, 3.8) is 0 Å². The maximum absolute atomic E-state index is 12.0. The topological polar surface area (TPSA) is 63.0 Å². The van der Waals surface area contributed by atoms with E-state index in [1.807, 2.05) is 37.3 Å². The minimum absolute atomic E-state index is 0.332. The zero-order valence-electron chi connectivity index (χ0n) is 12.3. The number of fused-ring (bicyclic) bond motifs is 1. The van der Waals surface area contributed by atoms with Crippen molar-refractivity contribution >= 4 is 24.0 Å². The van der Waals surface area contributed by atoms with Crippen LogP contribution < -0.4 is 10.4 Å². The van der Waals surface area contributed by atoms with Crippen LogP contribution in [0.15, 0.2) is 30.3 Å². The molecule has 1 aromatic carbocycles. The van der Waals surface area contributed by atoms with Crippen LogP contribution in [0.3, 0.4) is 0 Å². The largest absolute Gasteiger partial charge is 0.464 e. The number of pyridine rings is 1. The van der Waals surface area contributed by atoms with Crippen molar-refractivity contribution in [1.29, 1.82) is 5.41 Å². The molecule has 0 spiro atoms. The van der Waals surface area contributed by atoms with Gasteiger partial charge in [-0.15, -0.1) is 0 Å². The number of nitrogens with zero attached hydrogens (tertiary/aromatic N) is 1. The molecule has 3 rings (SSSR count). The predicted octanol–water partition coefficient (Wildman–Crippen LogP) is 1.19. The molecular weight excluding hydrogens is 276 g/mol. The fourth-order valence-electron chi connectivity index (χ4n) is 2.56. The predicted molar refractivity (Wildman–Crippen MR) is 84.0 cm³/mol. The average molecular weight is 290 g/mol. The van der Waals surface area contributed by atoms with Crippen molar-refractivity contribution in [2.75, 3.05) is 7.11 Å². The highest BCUT2D eigenvalue weighted by Crippen LogP contribution is 2.14. The summed E-state index contributed by atoms with van der Waals surface area (Å²) in [6.45, 7) is 1.87. The zero-order chi connectivity index (χ0) is 15.7. The molecule has 4 heteroatoms. The van der Waals surface area contributed by atoms with Crippen LogP contribution in [-0.2, 0) is 4.74 Å². The Morgan fingerprint density at radius 1 is 1.27 bits per heavy atom. The number of carbonyl (C=O) groups excluding carboxylic acids is 1. The Morgan fingerprint density at radius 3 is 2.64 bits per heavy atom. The summed E-state index contributed by atoms with van der Waals surface area (Å²) in [6, 6.07) is 7.36. The lowest BCUT2D eigenvalue weighted by atomic mass is 10.1. The van der Waals surface area contributed by atoms with E-state index < -0.39 is 5.97 Å². The van der Waals surface area contributed by atoms with Gasteiger partial charge in [0.25, 0.3) is 0 Å². The van der Waals surface area contributed by atoms with E-state index in [0.29, 0.717) is 10.9 Å². The third-order valence-corrected chi connectivity index (χ3v) is 3.74. The number of methoxy groups -OCH3 is 1. The van der Waals surface area contributed by atoms with Crippen LogP contribution in [0, 0.1) is 22.9 Å². The van der Waals surface area contributed by atoms with Crippen LogP contribution in [0.2, 0.25) is 0 Å². The second kappa shape index (κ2) is 5.43. The lowest BCUT2D eigenvalue weighted by Crippen LogP contribution is -2.18. The number of nitrogens with one attached hydrogen (secondary N) is 1. The quantitative estimate of drug-likeness (QED) is 0.634. The Bertz CT molecular complexity index is 1020. The molecule has 0 fully saturated rings. The Kier molecular flexibility index (Phi) is 3.45. The van der Waals surface area contributed by atoms with Crippen LogP contribution in [0.4, 0.5) is 0 Å². The third kappa shape index (κ3) is 2.16. The van der Waals surface area contributed by atoms with E-state index >= 15 is 0 Å². The molecule has 0 saturated carbocycles. The molecule has 1 aliphatic carbocycles. The summed E-state index contributed by atoms with van der Waals surface area (Å²) in [5, 5.41) is 10.5. The summed E-state index contributed by atoms with van der Waals surface area (Å²) in [4.78, 5) is 16.5. The standard InChI is InChI=1S/C18H14N2O2/c1-11-14-4-3-5-15(14)17(20-16(11)18(21)22-2)13-8-6-12(10-19)7-9-13/h3-9,19H,1-2H3. The number of rotatable bonds is 1. The Balaban J connectivity index is 2.50. The molecule has 1 heterocycles. The minimum Gasteiger partial charge on any atom is -0.464 e. The van der Waals surface area contributed by atoms with E-state index in [0.717, 1.165) is 26.9 Å². The van der Waals surface area contributed by atoms with Gasteiger partial charge in [-0.25, -0.2) is 9.78 Å². The highest BCUT2D eigenvalue weighted by atomic mass is 16.5. The smallest absolute Gasteiger partial charge is 0.356 e. The maximum atomic E-state index is 12.0. The highest BCUT2D eigenvalue weighted by Gasteiger charge is 2.16. The van der Waals surface area contributed by atoms with Crippen molar-refractivity contribution < 1.29 is 9.53 Å². The summed E-state index contributed by atoms with van der Waals surface area (Å²) in [5.41, 5.74) is 2.15. The Labute approximate surface area is 126 Å². The molecule has 0 amide bonds. The molecule has 0 saturated heterocycles. The van der Waals surface area contributed by atoms with Crippen LogP contribution in [0.1, 0.15) is 21.6 Å². The summed E-state index contributed by atoms with van der Waals surface area (Å²) in [6.07, 6.45) is 5.91. The first kappa shape index (κ1) is 14.0. The first-order valence-corrected chi connectivity index (χ1v) is 6.83. The van der Waals surface area contributed by atoms with Gasteiger partial charge in [-0.2, -0.15) is 0 Å². The van der Waals surface area contributed by atoms with Gasteiger partial charge >= 0.3 is 5.97 Å². The van der Waals surface area contributed by atoms with Crippen LogP contribution >= 0.6 is 0 Å². The molecule has 2 aromatic rings. The minimum atomic E-state index is -0.439. The molecule has 0 unspecified atom stereocenters. The second-order valence-electron chi connectivity index (χ2n) is 4.98. The molecular formula is C18H14N2O2. The molecule has 0 radical (unpaired) electrons. The molecule has 0 atom stereocenters. The van der Waals surface area contributed by atoms with Crippen molar-refractivity contribution in [1.82, 2.24) is 4.98 Å². The fourth-order valence-corrected chi connectivity index (χ4v) is 2.56. The summed E-state index contributed by atoms with van der Waals surface area (Å²) in [7, 11) is 1.35. The van der Waals surface area contributed by atoms with Crippen molar-refractivity contribution in [3.8, 4) is 0 Å². The van der Waals surface area contributed by atoms with Gasteiger partial charge in [0.05, 0.1) is 12.5 Å². The Morgan fingerprint density at radius 2 is 2.00 bits per heavy atom. The average Bonchev–Trinajstić information content (AvgIpc) is 3.05. The van der Waals surface area contributed by atoms with Crippen molar-refractivity contribution in [3.05, 3.63) is 68.2 Å². The summed E-state index contributed by atoms with van der Waals surface area (Å²) >= 11 is 0. The lowest BCUT2D eigenvalue weighted by Gasteiger charge is -2.06. The van der Waals surface area contributed by atoms with Crippen LogP contribution in [0.25, 0.3) is 12.2 Å². The molecule has 1 aromatic heterocycles. The van der Waals surface area contributed by atoms with Gasteiger partial charge < -0.3 is 4.74 Å². The maximum Gasteiger partial charge on any atom is 0.356 e. The number of hydrogen-bond donors (Lipinski definition) is 1. The van der Waals surface area contributed by atoms with Gasteiger partial charge in [0.2, 0.25) is 0 Å². The van der Waals surface area contributed by atoms with Gasteiger partial charge in [-0.1, -0.05) is 30.4 Å². The van der Waals surface area contributed by atoms with Gasteiger partial charge in [-0.3, -0.25) is 5.41 Å². The zero-order valence-corrected chi connectivity index (χ0v) is 12.3. The normalized spacial score (nSPS) is 11.5. The van der Waals surface area contributed by atoms with E-state index in [9.17, 15) is 4.79 Å². The summed E-state index contributed by atoms with van der Waals surface area (Å²) in [5.74, 6) is 1.90. The Hall–Kier alpha value is -2.97. The SMILES string of the molecule is COC(=O)c1nc(=c2ccc(=C=N)cc2)c2c(c1C)C=CC=2. The van der Waals surface area contributed by atoms with Gasteiger partial charge in [-0.05, 0) is 36.1 Å². The second-order valence-corrected chi connectivity index (χ2v) is 4.98. The molecule has 0 bridgehead atoms. The lowest BCUT2D eigenvalue weighted by molar-refractivity contribution is 0.0593. The van der Waals surface area contributed by atoms with Gasteiger partial charge in [0.15, 0.2) is 5.69 Å². The van der Waals surface area contributed by atoms with Crippen LogP contribution in [-0.4, -0.2) is 23.9 Å². The number of hydrogen-bond acceptors (Lipinski definition) is 4. The monoisotopic (exact) mass is 290 g/mol. The van der Waals surface area contributed by atoms with E-state index in [-0.39, 0.29) is 0 Å². The first-order chi connectivity index (χ1) is 10.7. The highest BCUT2D eigenvalue weighted by molar-refractivity contribution is 5.90. The van der Waals surface area contributed by atoms with Gasteiger partial charge in [0.1, 0.15) is 0 Å². The number of ether oxygens (including phenoxy) is 1. The first-order valence-electron chi connectivity index (χ1n) is 6.83. The van der Waals surface area contributed by atoms with E-state index in [4.69, 9.17) is 10.1 Å². The third-order valence-electron chi connectivity index (χ3n) is 3.74. The van der Waals surface area contributed by atoms with Crippen molar-refractivity contribution in [2.45, 2.75) is 6.92 Å². The van der Waals surface area contributed by atoms with E-state index in [1.165, 1.54) is 7.11 Å². The van der Waals surface area contributed by atoms with E-state index in [2.05, 4.69) is 10.9 Å². The molecule has 4 nitrogen and oxygen atoms in total. The number of aromatic nitrogens is 1. The number of carbonyl (C=O) groups is 1.